The Morgan fingerprint density at radius 2 is 1.77 bits per heavy atom. The molecule has 1 aliphatic rings. The molecule has 0 unspecified atom stereocenters. The molecule has 0 spiro atoms. The lowest BCUT2D eigenvalue weighted by molar-refractivity contribution is -0.887. The summed E-state index contributed by atoms with van der Waals surface area (Å²) in [7, 11) is 0. The first kappa shape index (κ1) is 20.5. The number of likely N-dealkylation sites (tertiary alicyclic amines) is 1. The average molecular weight is 413 g/mol. The molecule has 2 heterocycles. The van der Waals surface area contributed by atoms with Crippen LogP contribution in [0, 0.1) is 11.6 Å². The summed E-state index contributed by atoms with van der Waals surface area (Å²) in [6.07, 6.45) is 4.42. The van der Waals surface area contributed by atoms with Crippen LogP contribution in [0.3, 0.4) is 0 Å². The molecule has 1 aliphatic heterocycles. The smallest absolute Gasteiger partial charge is 0.220 e. The van der Waals surface area contributed by atoms with Gasteiger partial charge in [-0.25, -0.2) is 8.78 Å². The minimum atomic E-state index is -0.317. The van der Waals surface area contributed by atoms with E-state index in [1.54, 1.807) is 23.1 Å². The molecular formula is C24H28F2N3O+. The molecule has 0 bridgehead atoms. The molecule has 3 aromatic rings. The van der Waals surface area contributed by atoms with Crippen LogP contribution in [0.5, 0.6) is 0 Å². The summed E-state index contributed by atoms with van der Waals surface area (Å²) in [6.45, 7) is 4.29. The second-order valence-electron chi connectivity index (χ2n) is 8.09. The highest BCUT2D eigenvalue weighted by Gasteiger charge is 2.16. The number of rotatable bonds is 8. The molecule has 4 nitrogen and oxygen atoms in total. The molecular weight excluding hydrogens is 384 g/mol. The van der Waals surface area contributed by atoms with Gasteiger partial charge in [-0.1, -0.05) is 0 Å². The van der Waals surface area contributed by atoms with E-state index in [1.165, 1.54) is 50.2 Å². The number of halogens is 2. The molecule has 1 saturated heterocycles. The van der Waals surface area contributed by atoms with Crippen molar-refractivity contribution >= 4 is 16.8 Å². The number of benzene rings is 2. The van der Waals surface area contributed by atoms with Crippen LogP contribution in [-0.2, 0) is 11.2 Å². The summed E-state index contributed by atoms with van der Waals surface area (Å²) < 4.78 is 27.2. The number of aryl methyl sites for hydroxylation is 1. The first-order valence-electron chi connectivity index (χ1n) is 10.8. The van der Waals surface area contributed by atoms with Crippen molar-refractivity contribution in [2.75, 3.05) is 26.2 Å². The van der Waals surface area contributed by atoms with E-state index in [0.717, 1.165) is 40.7 Å². The van der Waals surface area contributed by atoms with Gasteiger partial charge in [-0.15, -0.1) is 0 Å². The molecule has 1 aromatic heterocycles. The zero-order valence-corrected chi connectivity index (χ0v) is 17.1. The number of carbonyl (C=O) groups is 1. The summed E-state index contributed by atoms with van der Waals surface area (Å²) in [6, 6.07) is 10.8. The van der Waals surface area contributed by atoms with E-state index in [4.69, 9.17) is 0 Å². The Morgan fingerprint density at radius 1 is 1.03 bits per heavy atom. The summed E-state index contributed by atoms with van der Waals surface area (Å²) in [4.78, 5) is 17.3. The van der Waals surface area contributed by atoms with Crippen LogP contribution in [0.15, 0.2) is 42.5 Å². The molecule has 0 aliphatic carbocycles. The van der Waals surface area contributed by atoms with Gasteiger partial charge < -0.3 is 15.2 Å². The Balaban J connectivity index is 1.43. The molecule has 6 heteroatoms. The van der Waals surface area contributed by atoms with E-state index in [2.05, 4.69) is 10.3 Å². The Hall–Kier alpha value is -2.73. The SMILES string of the molecule is O=C(CCc1c(-c2ccc(F)cc2)[nH]c2ccc(F)cc12)NCCC[NH+]1CCCC1. The van der Waals surface area contributed by atoms with Crippen molar-refractivity contribution in [3.05, 3.63) is 59.7 Å². The van der Waals surface area contributed by atoms with Crippen LogP contribution in [0.25, 0.3) is 22.2 Å². The molecule has 2 aromatic carbocycles. The minimum Gasteiger partial charge on any atom is -0.356 e. The summed E-state index contributed by atoms with van der Waals surface area (Å²) >= 11 is 0. The molecule has 30 heavy (non-hydrogen) atoms. The third-order valence-electron chi connectivity index (χ3n) is 5.94. The van der Waals surface area contributed by atoms with Crippen molar-refractivity contribution < 1.29 is 18.5 Å². The lowest BCUT2D eigenvalue weighted by atomic mass is 10.0. The van der Waals surface area contributed by atoms with Crippen molar-refractivity contribution in [2.45, 2.75) is 32.1 Å². The molecule has 1 amide bonds. The van der Waals surface area contributed by atoms with Crippen molar-refractivity contribution in [1.82, 2.24) is 10.3 Å². The molecule has 0 radical (unpaired) electrons. The maximum atomic E-state index is 13.9. The van der Waals surface area contributed by atoms with Gasteiger partial charge >= 0.3 is 0 Å². The number of fused-ring (bicyclic) bond motifs is 1. The summed E-state index contributed by atoms with van der Waals surface area (Å²) in [5.41, 5.74) is 3.31. The highest BCUT2D eigenvalue weighted by molar-refractivity contribution is 5.91. The Morgan fingerprint density at radius 3 is 2.53 bits per heavy atom. The lowest BCUT2D eigenvalue weighted by Gasteiger charge is -2.12. The molecule has 1 fully saturated rings. The number of nitrogens with one attached hydrogen (secondary N) is 3. The summed E-state index contributed by atoms with van der Waals surface area (Å²) in [5, 5.41) is 3.77. The van der Waals surface area contributed by atoms with Crippen LogP contribution < -0.4 is 10.2 Å². The fourth-order valence-electron chi connectivity index (χ4n) is 4.36. The Bertz CT molecular complexity index is 1010. The zero-order chi connectivity index (χ0) is 20.9. The zero-order valence-electron chi connectivity index (χ0n) is 17.1. The number of aromatic nitrogens is 1. The van der Waals surface area contributed by atoms with Crippen molar-refractivity contribution in [2.24, 2.45) is 0 Å². The number of quaternary nitrogens is 1. The number of hydrogen-bond donors (Lipinski definition) is 3. The first-order valence-corrected chi connectivity index (χ1v) is 10.8. The third kappa shape index (κ3) is 4.87. The van der Waals surface area contributed by atoms with Gasteiger partial charge in [-0.3, -0.25) is 4.79 Å². The fourth-order valence-corrected chi connectivity index (χ4v) is 4.36. The monoisotopic (exact) mass is 412 g/mol. The fraction of sp³-hybridized carbons (Fsp3) is 0.375. The lowest BCUT2D eigenvalue weighted by Crippen LogP contribution is -3.10. The van der Waals surface area contributed by atoms with Gasteiger partial charge in [0.1, 0.15) is 11.6 Å². The van der Waals surface area contributed by atoms with Gasteiger partial charge in [-0.2, -0.15) is 0 Å². The normalized spacial score (nSPS) is 14.5. The second kappa shape index (κ2) is 9.39. The van der Waals surface area contributed by atoms with E-state index in [9.17, 15) is 13.6 Å². The van der Waals surface area contributed by atoms with Gasteiger partial charge in [-0.05, 0) is 60.0 Å². The number of H-pyrrole nitrogens is 1. The average Bonchev–Trinajstić information content (AvgIpc) is 3.38. The molecule has 0 saturated carbocycles. The van der Waals surface area contributed by atoms with E-state index in [1.807, 2.05) is 0 Å². The minimum absolute atomic E-state index is 0.00207. The summed E-state index contributed by atoms with van der Waals surface area (Å²) in [5.74, 6) is -0.623. The van der Waals surface area contributed by atoms with Gasteiger partial charge in [0.15, 0.2) is 0 Å². The van der Waals surface area contributed by atoms with Gasteiger partial charge in [0.05, 0.1) is 19.6 Å². The maximum Gasteiger partial charge on any atom is 0.220 e. The standard InChI is InChI=1S/C24H27F2N3O/c25-18-6-4-17(5-7-18)24-20(21-16-19(26)8-10-22(21)28-24)9-11-23(30)27-12-3-15-29-13-1-2-14-29/h4-8,10,16,28H,1-3,9,11-15H2,(H,27,30)/p+1. The Labute approximate surface area is 175 Å². The molecule has 158 valence electrons. The largest absolute Gasteiger partial charge is 0.356 e. The third-order valence-corrected chi connectivity index (χ3v) is 5.94. The predicted octanol–water partition coefficient (Wildman–Crippen LogP) is 3.23. The van der Waals surface area contributed by atoms with Crippen molar-refractivity contribution in [3.8, 4) is 11.3 Å². The van der Waals surface area contributed by atoms with Crippen molar-refractivity contribution in [3.63, 3.8) is 0 Å². The number of aromatic amines is 1. The number of amides is 1. The Kier molecular flexibility index (Phi) is 6.43. The van der Waals surface area contributed by atoms with Gasteiger partial charge in [0.25, 0.3) is 0 Å². The van der Waals surface area contributed by atoms with E-state index < -0.39 is 0 Å². The quantitative estimate of drug-likeness (QED) is 0.489. The maximum absolute atomic E-state index is 13.9. The van der Waals surface area contributed by atoms with E-state index >= 15 is 0 Å². The topological polar surface area (TPSA) is 49.3 Å². The van der Waals surface area contributed by atoms with Crippen LogP contribution >= 0.6 is 0 Å². The van der Waals surface area contributed by atoms with Gasteiger partial charge in [0, 0.05) is 48.8 Å². The van der Waals surface area contributed by atoms with Crippen LogP contribution in [0.2, 0.25) is 0 Å². The highest BCUT2D eigenvalue weighted by Crippen LogP contribution is 2.32. The first-order chi connectivity index (χ1) is 14.6. The van der Waals surface area contributed by atoms with Crippen LogP contribution in [0.4, 0.5) is 8.78 Å². The van der Waals surface area contributed by atoms with Crippen LogP contribution in [-0.4, -0.2) is 37.1 Å². The molecule has 0 atom stereocenters. The molecule has 4 rings (SSSR count). The van der Waals surface area contributed by atoms with E-state index in [0.29, 0.717) is 19.4 Å². The number of carbonyl (C=O) groups excluding carboxylic acids is 1. The molecule has 3 N–H and O–H groups in total. The van der Waals surface area contributed by atoms with Gasteiger partial charge in [0.2, 0.25) is 5.91 Å². The highest BCUT2D eigenvalue weighted by atomic mass is 19.1. The van der Waals surface area contributed by atoms with Crippen molar-refractivity contribution in [1.29, 1.82) is 0 Å². The number of hydrogen-bond acceptors (Lipinski definition) is 1. The second-order valence-corrected chi connectivity index (χ2v) is 8.09. The predicted molar refractivity (Wildman–Crippen MR) is 114 cm³/mol. The van der Waals surface area contributed by atoms with Crippen LogP contribution in [0.1, 0.15) is 31.2 Å². The van der Waals surface area contributed by atoms with E-state index in [-0.39, 0.29) is 17.5 Å².